The molecule has 1 aliphatic rings. The first-order valence-electron chi connectivity index (χ1n) is 4.82. The zero-order valence-electron chi connectivity index (χ0n) is 8.46. The maximum atomic E-state index is 13.8. The molecule has 1 aromatic carbocycles. The van der Waals surface area contributed by atoms with E-state index in [1.54, 1.807) is 6.07 Å². The molecule has 0 aromatic heterocycles. The minimum Gasteiger partial charge on any atom is -0.486 e. The number of ether oxygens (including phenoxy) is 2. The van der Waals surface area contributed by atoms with Gasteiger partial charge in [0, 0.05) is 6.42 Å². The van der Waals surface area contributed by atoms with Crippen molar-refractivity contribution in [2.24, 2.45) is 5.90 Å². The lowest BCUT2D eigenvalue weighted by atomic mass is 10.1. The standard InChI is InChI=1S/C10H11BrFNO3/c11-8-9(12)6(1-2-16-13)5-7-10(8)15-4-3-14-7/h5H,1-4,13H2. The molecule has 0 spiro atoms. The van der Waals surface area contributed by atoms with E-state index in [2.05, 4.69) is 20.8 Å². The van der Waals surface area contributed by atoms with E-state index in [0.717, 1.165) is 0 Å². The zero-order valence-corrected chi connectivity index (χ0v) is 10.0. The normalized spacial score (nSPS) is 13.9. The molecule has 0 radical (unpaired) electrons. The second kappa shape index (κ2) is 4.99. The Bertz CT molecular complexity index is 400. The summed E-state index contributed by atoms with van der Waals surface area (Å²) in [6.07, 6.45) is 0.386. The lowest BCUT2D eigenvalue weighted by molar-refractivity contribution is 0.140. The summed E-state index contributed by atoms with van der Waals surface area (Å²) in [4.78, 5) is 4.43. The smallest absolute Gasteiger partial charge is 0.178 e. The maximum Gasteiger partial charge on any atom is 0.178 e. The lowest BCUT2D eigenvalue weighted by Gasteiger charge is -2.21. The van der Waals surface area contributed by atoms with Gasteiger partial charge in [0.25, 0.3) is 0 Å². The third kappa shape index (κ3) is 2.14. The van der Waals surface area contributed by atoms with Crippen molar-refractivity contribution in [1.82, 2.24) is 0 Å². The number of hydrogen-bond donors (Lipinski definition) is 1. The van der Waals surface area contributed by atoms with Gasteiger partial charge in [0.1, 0.15) is 19.0 Å². The summed E-state index contributed by atoms with van der Waals surface area (Å²) in [5, 5.41) is 0. The van der Waals surface area contributed by atoms with Crippen molar-refractivity contribution in [1.29, 1.82) is 0 Å². The monoisotopic (exact) mass is 291 g/mol. The largest absolute Gasteiger partial charge is 0.486 e. The summed E-state index contributed by atoms with van der Waals surface area (Å²) in [6.45, 7) is 1.15. The fourth-order valence-electron chi connectivity index (χ4n) is 1.52. The first-order chi connectivity index (χ1) is 7.74. The van der Waals surface area contributed by atoms with E-state index in [0.29, 0.717) is 36.7 Å². The second-order valence-electron chi connectivity index (χ2n) is 3.31. The molecule has 0 bridgehead atoms. The Balaban J connectivity index is 2.36. The first kappa shape index (κ1) is 11.6. The van der Waals surface area contributed by atoms with Gasteiger partial charge in [0.15, 0.2) is 11.5 Å². The molecule has 0 fully saturated rings. The van der Waals surface area contributed by atoms with Crippen LogP contribution in [0, 0.1) is 5.82 Å². The summed E-state index contributed by atoms with van der Waals surface area (Å²) < 4.78 is 24.8. The highest BCUT2D eigenvalue weighted by molar-refractivity contribution is 9.10. The zero-order chi connectivity index (χ0) is 11.5. The molecule has 16 heavy (non-hydrogen) atoms. The van der Waals surface area contributed by atoms with Crippen LogP contribution in [0.15, 0.2) is 10.5 Å². The van der Waals surface area contributed by atoms with Gasteiger partial charge in [-0.05, 0) is 27.6 Å². The summed E-state index contributed by atoms with van der Waals surface area (Å²) in [6, 6.07) is 1.62. The number of hydrogen-bond acceptors (Lipinski definition) is 4. The Morgan fingerprint density at radius 1 is 1.44 bits per heavy atom. The number of nitrogens with two attached hydrogens (primary N) is 1. The van der Waals surface area contributed by atoms with Gasteiger partial charge in [-0.15, -0.1) is 0 Å². The Morgan fingerprint density at radius 2 is 2.19 bits per heavy atom. The second-order valence-corrected chi connectivity index (χ2v) is 4.10. The van der Waals surface area contributed by atoms with Crippen LogP contribution in [0.1, 0.15) is 5.56 Å². The predicted octanol–water partition coefficient (Wildman–Crippen LogP) is 1.79. The molecule has 1 aliphatic heterocycles. The van der Waals surface area contributed by atoms with E-state index in [9.17, 15) is 4.39 Å². The Kier molecular flexibility index (Phi) is 3.63. The molecule has 0 aliphatic carbocycles. The van der Waals surface area contributed by atoms with Crippen LogP contribution in [0.25, 0.3) is 0 Å². The van der Waals surface area contributed by atoms with E-state index >= 15 is 0 Å². The van der Waals surface area contributed by atoms with Crippen molar-refractivity contribution in [2.75, 3.05) is 19.8 Å². The summed E-state index contributed by atoms with van der Waals surface area (Å²) in [7, 11) is 0. The molecule has 2 rings (SSSR count). The van der Waals surface area contributed by atoms with Crippen LogP contribution in [-0.2, 0) is 11.3 Å². The van der Waals surface area contributed by atoms with Crippen molar-refractivity contribution in [3.63, 3.8) is 0 Å². The third-order valence-electron chi connectivity index (χ3n) is 2.28. The van der Waals surface area contributed by atoms with E-state index < -0.39 is 0 Å². The lowest BCUT2D eigenvalue weighted by Crippen LogP contribution is -2.17. The van der Waals surface area contributed by atoms with Gasteiger partial charge >= 0.3 is 0 Å². The highest BCUT2D eigenvalue weighted by Gasteiger charge is 2.21. The molecule has 0 saturated carbocycles. The van der Waals surface area contributed by atoms with Crippen LogP contribution >= 0.6 is 15.9 Å². The maximum absolute atomic E-state index is 13.8. The molecule has 88 valence electrons. The average Bonchev–Trinajstić information content (AvgIpc) is 2.32. The van der Waals surface area contributed by atoms with Crippen LogP contribution in [0.2, 0.25) is 0 Å². The molecule has 0 amide bonds. The topological polar surface area (TPSA) is 53.7 Å². The van der Waals surface area contributed by atoms with Crippen molar-refractivity contribution < 1.29 is 18.7 Å². The van der Waals surface area contributed by atoms with Gasteiger partial charge in [-0.3, -0.25) is 0 Å². The quantitative estimate of drug-likeness (QED) is 0.863. The van der Waals surface area contributed by atoms with Crippen LogP contribution < -0.4 is 15.4 Å². The number of halogens is 2. The number of benzene rings is 1. The molecule has 1 aromatic rings. The fourth-order valence-corrected chi connectivity index (χ4v) is 2.09. The first-order valence-corrected chi connectivity index (χ1v) is 5.61. The van der Waals surface area contributed by atoms with E-state index in [1.807, 2.05) is 0 Å². The predicted molar refractivity (Wildman–Crippen MR) is 58.9 cm³/mol. The van der Waals surface area contributed by atoms with Gasteiger partial charge in [0.05, 0.1) is 11.1 Å². The molecule has 6 heteroatoms. The average molecular weight is 292 g/mol. The van der Waals surface area contributed by atoms with Crippen molar-refractivity contribution in [2.45, 2.75) is 6.42 Å². The van der Waals surface area contributed by atoms with Crippen molar-refractivity contribution in [3.8, 4) is 11.5 Å². The molecular formula is C10H11BrFNO3. The molecule has 0 unspecified atom stereocenters. The van der Waals surface area contributed by atoms with Gasteiger partial charge < -0.3 is 14.3 Å². The molecule has 1 heterocycles. The minimum absolute atomic E-state index is 0.253. The van der Waals surface area contributed by atoms with Crippen LogP contribution in [0.3, 0.4) is 0 Å². The van der Waals surface area contributed by atoms with Crippen LogP contribution in [0.4, 0.5) is 4.39 Å². The SMILES string of the molecule is NOCCc1cc2c(c(Br)c1F)OCCO2. The van der Waals surface area contributed by atoms with Gasteiger partial charge in [-0.2, -0.15) is 0 Å². The minimum atomic E-state index is -0.360. The molecule has 4 nitrogen and oxygen atoms in total. The summed E-state index contributed by atoms with van der Waals surface area (Å²) in [5.74, 6) is 5.52. The molecular weight excluding hydrogens is 281 g/mol. The van der Waals surface area contributed by atoms with Crippen molar-refractivity contribution in [3.05, 3.63) is 21.9 Å². The van der Waals surface area contributed by atoms with E-state index in [4.69, 9.17) is 15.4 Å². The van der Waals surface area contributed by atoms with E-state index in [-0.39, 0.29) is 16.9 Å². The highest BCUT2D eigenvalue weighted by Crippen LogP contribution is 2.40. The number of fused-ring (bicyclic) bond motifs is 1. The fraction of sp³-hybridized carbons (Fsp3) is 0.400. The molecule has 0 saturated heterocycles. The third-order valence-corrected chi connectivity index (χ3v) is 2.99. The van der Waals surface area contributed by atoms with Gasteiger partial charge in [0.2, 0.25) is 0 Å². The van der Waals surface area contributed by atoms with Gasteiger partial charge in [-0.1, -0.05) is 0 Å². The summed E-state index contributed by atoms with van der Waals surface area (Å²) in [5.41, 5.74) is 0.488. The Morgan fingerprint density at radius 3 is 2.94 bits per heavy atom. The Labute approximate surface area is 101 Å². The summed E-state index contributed by atoms with van der Waals surface area (Å²) >= 11 is 3.16. The molecule has 0 atom stereocenters. The number of rotatable bonds is 3. The van der Waals surface area contributed by atoms with Crippen LogP contribution in [0.5, 0.6) is 11.5 Å². The molecule has 2 N–H and O–H groups in total. The highest BCUT2D eigenvalue weighted by atomic mass is 79.9. The Hall–Kier alpha value is -0.850. The van der Waals surface area contributed by atoms with Gasteiger partial charge in [-0.25, -0.2) is 10.3 Å². The van der Waals surface area contributed by atoms with Crippen molar-refractivity contribution >= 4 is 15.9 Å². The van der Waals surface area contributed by atoms with E-state index in [1.165, 1.54) is 0 Å². The van der Waals surface area contributed by atoms with Crippen LogP contribution in [-0.4, -0.2) is 19.8 Å².